The van der Waals surface area contributed by atoms with E-state index in [1.54, 1.807) is 0 Å². The van der Waals surface area contributed by atoms with Gasteiger partial charge in [-0.15, -0.1) is 0 Å². The van der Waals surface area contributed by atoms with E-state index in [0.717, 1.165) is 12.0 Å². The van der Waals surface area contributed by atoms with Gasteiger partial charge in [-0.1, -0.05) is 36.8 Å². The van der Waals surface area contributed by atoms with Crippen molar-refractivity contribution in [3.8, 4) is 0 Å². The van der Waals surface area contributed by atoms with Crippen LogP contribution in [0.1, 0.15) is 31.2 Å². The maximum atomic E-state index is 12.5. The normalized spacial score (nSPS) is 17.3. The first kappa shape index (κ1) is 15.0. The molecule has 0 bridgehead atoms. The third-order valence-electron chi connectivity index (χ3n) is 3.98. The van der Waals surface area contributed by atoms with E-state index in [-0.39, 0.29) is 5.91 Å². The quantitative estimate of drug-likeness (QED) is 0.710. The minimum absolute atomic E-state index is 0.353. The van der Waals surface area contributed by atoms with Crippen molar-refractivity contribution in [2.75, 3.05) is 0 Å². The lowest BCUT2D eigenvalue weighted by Crippen LogP contribution is -2.54. The van der Waals surface area contributed by atoms with E-state index in [0.29, 0.717) is 12.8 Å². The number of nitrogens with one attached hydrogen (secondary N) is 1. The third-order valence-corrected chi connectivity index (χ3v) is 3.98. The highest BCUT2D eigenvalue weighted by Crippen LogP contribution is 2.43. The van der Waals surface area contributed by atoms with Gasteiger partial charge in [0.1, 0.15) is 6.04 Å². The van der Waals surface area contributed by atoms with Crippen LogP contribution in [0.2, 0.25) is 0 Å². The molecular weight excluding hydrogens is 272 g/mol. The van der Waals surface area contributed by atoms with Crippen LogP contribution in [0.25, 0.3) is 0 Å². The van der Waals surface area contributed by atoms with Gasteiger partial charge in [0, 0.05) is 0 Å². The summed E-state index contributed by atoms with van der Waals surface area (Å²) in [6.07, 6.45) is 1.85. The molecule has 1 fully saturated rings. The van der Waals surface area contributed by atoms with Gasteiger partial charge in [0.2, 0.25) is 11.8 Å². The lowest BCUT2D eigenvalue weighted by molar-refractivity contribution is -0.145. The molecule has 0 unspecified atom stereocenters. The van der Waals surface area contributed by atoms with Crippen LogP contribution < -0.4 is 11.1 Å². The number of nitrogens with two attached hydrogens (primary N) is 1. The van der Waals surface area contributed by atoms with Crippen LogP contribution >= 0.6 is 0 Å². The van der Waals surface area contributed by atoms with E-state index in [4.69, 9.17) is 10.8 Å². The molecule has 1 atom stereocenters. The van der Waals surface area contributed by atoms with Gasteiger partial charge in [-0.05, 0) is 18.4 Å². The summed E-state index contributed by atoms with van der Waals surface area (Å²) in [6, 6.07) is 8.00. The summed E-state index contributed by atoms with van der Waals surface area (Å²) in [7, 11) is 0. The fourth-order valence-electron chi connectivity index (χ4n) is 2.63. The second-order valence-corrected chi connectivity index (χ2v) is 5.34. The molecule has 0 heterocycles. The molecule has 1 saturated carbocycles. The van der Waals surface area contributed by atoms with Gasteiger partial charge in [-0.25, -0.2) is 4.79 Å². The Morgan fingerprint density at radius 2 is 1.86 bits per heavy atom. The molecular formula is C15H18N2O4. The van der Waals surface area contributed by atoms with Crippen molar-refractivity contribution in [2.45, 2.75) is 37.1 Å². The summed E-state index contributed by atoms with van der Waals surface area (Å²) < 4.78 is 0. The molecule has 2 rings (SSSR count). The average Bonchev–Trinajstić information content (AvgIpc) is 2.37. The Morgan fingerprint density at radius 1 is 1.24 bits per heavy atom. The molecule has 112 valence electrons. The van der Waals surface area contributed by atoms with Crippen LogP contribution in [0, 0.1) is 0 Å². The number of hydrogen-bond donors (Lipinski definition) is 3. The maximum absolute atomic E-state index is 12.5. The lowest BCUT2D eigenvalue weighted by Gasteiger charge is -2.41. The Labute approximate surface area is 122 Å². The highest BCUT2D eigenvalue weighted by atomic mass is 16.4. The largest absolute Gasteiger partial charge is 0.480 e. The van der Waals surface area contributed by atoms with Crippen LogP contribution in [-0.4, -0.2) is 28.9 Å². The lowest BCUT2D eigenvalue weighted by atomic mass is 9.63. The number of carboxylic acids is 1. The SMILES string of the molecule is NC(=O)C[C@@H](NC(=O)C1(c2ccccc2)CCC1)C(=O)O. The molecule has 6 nitrogen and oxygen atoms in total. The first-order valence-corrected chi connectivity index (χ1v) is 6.83. The summed E-state index contributed by atoms with van der Waals surface area (Å²) in [4.78, 5) is 34.5. The van der Waals surface area contributed by atoms with Crippen molar-refractivity contribution in [2.24, 2.45) is 5.73 Å². The van der Waals surface area contributed by atoms with E-state index >= 15 is 0 Å². The minimum atomic E-state index is -1.28. The Balaban J connectivity index is 2.17. The number of primary amides is 1. The van der Waals surface area contributed by atoms with Crippen molar-refractivity contribution in [3.63, 3.8) is 0 Å². The van der Waals surface area contributed by atoms with E-state index in [1.165, 1.54) is 0 Å². The van der Waals surface area contributed by atoms with Crippen LogP contribution in [0.5, 0.6) is 0 Å². The summed E-state index contributed by atoms with van der Waals surface area (Å²) in [5.41, 5.74) is 5.20. The molecule has 0 radical (unpaired) electrons. The monoisotopic (exact) mass is 290 g/mol. The van der Waals surface area contributed by atoms with Gasteiger partial charge in [0.05, 0.1) is 11.8 Å². The zero-order valence-corrected chi connectivity index (χ0v) is 11.5. The maximum Gasteiger partial charge on any atom is 0.326 e. The number of amides is 2. The van der Waals surface area contributed by atoms with Crippen molar-refractivity contribution in [3.05, 3.63) is 35.9 Å². The molecule has 1 aromatic carbocycles. The molecule has 0 saturated heterocycles. The number of hydrogen-bond acceptors (Lipinski definition) is 3. The van der Waals surface area contributed by atoms with E-state index in [1.807, 2.05) is 30.3 Å². The zero-order valence-electron chi connectivity index (χ0n) is 11.5. The molecule has 6 heteroatoms. The topological polar surface area (TPSA) is 109 Å². The van der Waals surface area contributed by atoms with Gasteiger partial charge in [-0.3, -0.25) is 9.59 Å². The van der Waals surface area contributed by atoms with E-state index in [2.05, 4.69) is 5.32 Å². The molecule has 0 aliphatic heterocycles. The van der Waals surface area contributed by atoms with E-state index in [9.17, 15) is 14.4 Å². The third kappa shape index (κ3) is 3.04. The smallest absolute Gasteiger partial charge is 0.326 e. The molecule has 2 amide bonds. The first-order valence-electron chi connectivity index (χ1n) is 6.83. The van der Waals surface area contributed by atoms with Crippen LogP contribution in [-0.2, 0) is 19.8 Å². The predicted octanol–water partition coefficient (Wildman–Crippen LogP) is 0.553. The Hall–Kier alpha value is -2.37. The first-order chi connectivity index (χ1) is 9.95. The Kier molecular flexibility index (Phi) is 4.26. The number of carboxylic acid groups (broad SMARTS) is 1. The fraction of sp³-hybridized carbons (Fsp3) is 0.400. The van der Waals surface area contributed by atoms with Gasteiger partial charge in [0.25, 0.3) is 0 Å². The summed E-state index contributed by atoms with van der Waals surface area (Å²) in [6.45, 7) is 0. The zero-order chi connectivity index (χ0) is 15.5. The minimum Gasteiger partial charge on any atom is -0.480 e. The number of benzene rings is 1. The molecule has 1 aromatic rings. The van der Waals surface area contributed by atoms with Crippen LogP contribution in [0.15, 0.2) is 30.3 Å². The highest BCUT2D eigenvalue weighted by Gasteiger charge is 2.46. The number of carbonyl (C=O) groups is 3. The standard InChI is InChI=1S/C15H18N2O4/c16-12(18)9-11(13(19)20)17-14(21)15(7-4-8-15)10-5-2-1-3-6-10/h1-3,5-6,11H,4,7-9H2,(H2,16,18)(H,17,21)(H,19,20)/t11-/m1/s1. The Bertz CT molecular complexity index is 552. The fourth-order valence-corrected chi connectivity index (χ4v) is 2.63. The van der Waals surface area contributed by atoms with E-state index < -0.39 is 29.8 Å². The molecule has 1 aliphatic carbocycles. The van der Waals surface area contributed by atoms with Crippen LogP contribution in [0.3, 0.4) is 0 Å². The van der Waals surface area contributed by atoms with Crippen molar-refractivity contribution in [1.29, 1.82) is 0 Å². The summed E-state index contributed by atoms with van der Waals surface area (Å²) in [5.74, 6) is -2.37. The molecule has 21 heavy (non-hydrogen) atoms. The molecule has 0 spiro atoms. The van der Waals surface area contributed by atoms with Crippen molar-refractivity contribution in [1.82, 2.24) is 5.32 Å². The highest BCUT2D eigenvalue weighted by molar-refractivity contribution is 5.93. The number of aliphatic carboxylic acids is 1. The van der Waals surface area contributed by atoms with Gasteiger partial charge in [0.15, 0.2) is 0 Å². The molecule has 0 aromatic heterocycles. The van der Waals surface area contributed by atoms with Crippen molar-refractivity contribution < 1.29 is 19.5 Å². The van der Waals surface area contributed by atoms with Gasteiger partial charge < -0.3 is 16.2 Å². The average molecular weight is 290 g/mol. The predicted molar refractivity (Wildman–Crippen MR) is 75.3 cm³/mol. The Morgan fingerprint density at radius 3 is 2.29 bits per heavy atom. The second-order valence-electron chi connectivity index (χ2n) is 5.34. The number of carbonyl (C=O) groups excluding carboxylic acids is 2. The van der Waals surface area contributed by atoms with Gasteiger partial charge >= 0.3 is 5.97 Å². The summed E-state index contributed by atoms with van der Waals surface area (Å²) in [5, 5.41) is 11.5. The number of rotatable bonds is 6. The summed E-state index contributed by atoms with van der Waals surface area (Å²) >= 11 is 0. The molecule has 4 N–H and O–H groups in total. The van der Waals surface area contributed by atoms with Crippen molar-refractivity contribution >= 4 is 17.8 Å². The molecule has 1 aliphatic rings. The second kappa shape index (κ2) is 5.95. The van der Waals surface area contributed by atoms with Crippen LogP contribution in [0.4, 0.5) is 0 Å². The van der Waals surface area contributed by atoms with Gasteiger partial charge in [-0.2, -0.15) is 0 Å².